The molecule has 4 heteroatoms. The van der Waals surface area contributed by atoms with Crippen molar-refractivity contribution in [3.8, 4) is 5.69 Å². The van der Waals surface area contributed by atoms with Crippen molar-refractivity contribution in [2.24, 2.45) is 0 Å². The van der Waals surface area contributed by atoms with Crippen LogP contribution in [0.3, 0.4) is 0 Å². The number of carbonyl (C=O) groups excluding carboxylic acids is 1. The molecule has 4 nitrogen and oxygen atoms in total. The van der Waals surface area contributed by atoms with Gasteiger partial charge in [0.25, 0.3) is 0 Å². The molecule has 0 spiro atoms. The van der Waals surface area contributed by atoms with Crippen LogP contribution in [0, 0.1) is 13.8 Å². The number of nitrogens with zero attached hydrogens (tertiary/aromatic N) is 2. The number of hydrogen-bond donors (Lipinski definition) is 1. The lowest BCUT2D eigenvalue weighted by Crippen LogP contribution is -2.15. The van der Waals surface area contributed by atoms with Crippen LogP contribution in [-0.2, 0) is 0 Å². The van der Waals surface area contributed by atoms with E-state index in [1.807, 2.05) is 80.6 Å². The molecule has 0 radical (unpaired) electrons. The molecule has 0 aliphatic heterocycles. The van der Waals surface area contributed by atoms with Crippen molar-refractivity contribution in [3.05, 3.63) is 89.9 Å². The molecule has 0 unspecified atom stereocenters. The van der Waals surface area contributed by atoms with E-state index in [4.69, 9.17) is 0 Å². The maximum atomic E-state index is 12.9. The van der Waals surface area contributed by atoms with Gasteiger partial charge < -0.3 is 9.88 Å². The summed E-state index contributed by atoms with van der Waals surface area (Å²) < 4.78 is 2.12. The zero-order valence-electron chi connectivity index (χ0n) is 15.4. The molecule has 4 aromatic rings. The van der Waals surface area contributed by atoms with Crippen molar-refractivity contribution in [3.63, 3.8) is 0 Å². The minimum atomic E-state index is 0.0678. The first kappa shape index (κ1) is 17.0. The van der Waals surface area contributed by atoms with Gasteiger partial charge in [-0.15, -0.1) is 0 Å². The van der Waals surface area contributed by atoms with Crippen molar-refractivity contribution in [2.45, 2.75) is 13.8 Å². The molecule has 4 rings (SSSR count). The second-order valence-corrected chi connectivity index (χ2v) is 6.61. The Hall–Kier alpha value is -3.40. The Labute approximate surface area is 158 Å². The monoisotopic (exact) mass is 355 g/mol. The van der Waals surface area contributed by atoms with E-state index in [0.29, 0.717) is 0 Å². The molecular formula is C23H21N3O. The summed E-state index contributed by atoms with van der Waals surface area (Å²) in [4.78, 5) is 17.3. The summed E-state index contributed by atoms with van der Waals surface area (Å²) in [7, 11) is 0. The minimum Gasteiger partial charge on any atom is -0.376 e. The first-order valence-electron chi connectivity index (χ1n) is 9.00. The summed E-state index contributed by atoms with van der Waals surface area (Å²) in [5.74, 6) is 0.0678. The van der Waals surface area contributed by atoms with E-state index in [1.165, 1.54) is 0 Å². The van der Waals surface area contributed by atoms with Crippen LogP contribution in [0.25, 0.3) is 16.6 Å². The largest absolute Gasteiger partial charge is 0.376 e. The second-order valence-electron chi connectivity index (χ2n) is 6.61. The molecule has 2 aromatic heterocycles. The van der Waals surface area contributed by atoms with E-state index >= 15 is 0 Å². The summed E-state index contributed by atoms with van der Waals surface area (Å²) in [6.45, 7) is 4.25. The van der Waals surface area contributed by atoms with E-state index in [-0.39, 0.29) is 12.3 Å². The summed E-state index contributed by atoms with van der Waals surface area (Å²) >= 11 is 0. The number of ketones is 1. The number of para-hydroxylation sites is 2. The maximum Gasteiger partial charge on any atom is 0.183 e. The minimum absolute atomic E-state index is 0.0678. The van der Waals surface area contributed by atoms with E-state index in [1.54, 1.807) is 6.20 Å². The van der Waals surface area contributed by atoms with Gasteiger partial charge in [-0.25, -0.2) is 0 Å². The van der Waals surface area contributed by atoms with Crippen LogP contribution < -0.4 is 5.32 Å². The van der Waals surface area contributed by atoms with E-state index in [9.17, 15) is 4.79 Å². The van der Waals surface area contributed by atoms with Crippen molar-refractivity contribution < 1.29 is 4.79 Å². The molecule has 0 bridgehead atoms. The average molecular weight is 355 g/mol. The molecule has 134 valence electrons. The van der Waals surface area contributed by atoms with Gasteiger partial charge in [-0.05, 0) is 44.2 Å². The predicted molar refractivity (Wildman–Crippen MR) is 110 cm³/mol. The smallest absolute Gasteiger partial charge is 0.183 e. The molecule has 0 fully saturated rings. The van der Waals surface area contributed by atoms with Crippen molar-refractivity contribution >= 4 is 22.4 Å². The highest BCUT2D eigenvalue weighted by molar-refractivity contribution is 6.01. The molecule has 0 atom stereocenters. The fraction of sp³-hybridized carbons (Fsp3) is 0.130. The number of hydrogen-bond acceptors (Lipinski definition) is 3. The quantitative estimate of drug-likeness (QED) is 0.516. The number of benzene rings is 2. The third-order valence-corrected chi connectivity index (χ3v) is 4.82. The Balaban J connectivity index is 1.59. The fourth-order valence-corrected chi connectivity index (χ4v) is 3.54. The van der Waals surface area contributed by atoms with Gasteiger partial charge in [0.15, 0.2) is 5.78 Å². The number of aromatic nitrogens is 2. The van der Waals surface area contributed by atoms with Crippen molar-refractivity contribution in [2.75, 3.05) is 11.9 Å². The van der Waals surface area contributed by atoms with Gasteiger partial charge in [-0.3, -0.25) is 9.78 Å². The van der Waals surface area contributed by atoms with Crippen LogP contribution in [0.5, 0.6) is 0 Å². The van der Waals surface area contributed by atoms with Crippen LogP contribution in [0.15, 0.2) is 72.9 Å². The van der Waals surface area contributed by atoms with Crippen molar-refractivity contribution in [1.29, 1.82) is 0 Å². The van der Waals surface area contributed by atoms with Crippen LogP contribution in [0.1, 0.15) is 21.7 Å². The van der Waals surface area contributed by atoms with Crippen LogP contribution in [0.4, 0.5) is 5.69 Å². The van der Waals surface area contributed by atoms with Gasteiger partial charge in [0, 0.05) is 34.2 Å². The Morgan fingerprint density at radius 2 is 1.78 bits per heavy atom. The third kappa shape index (κ3) is 3.22. The highest BCUT2D eigenvalue weighted by Crippen LogP contribution is 2.23. The number of rotatable bonds is 5. The lowest BCUT2D eigenvalue weighted by Gasteiger charge is -2.10. The van der Waals surface area contributed by atoms with Gasteiger partial charge in [-0.2, -0.15) is 0 Å². The molecule has 1 N–H and O–H groups in total. The van der Waals surface area contributed by atoms with Gasteiger partial charge >= 0.3 is 0 Å². The zero-order chi connectivity index (χ0) is 18.8. The number of fused-ring (bicyclic) bond motifs is 1. The maximum absolute atomic E-state index is 12.9. The second kappa shape index (κ2) is 7.08. The molecule has 27 heavy (non-hydrogen) atoms. The van der Waals surface area contributed by atoms with Gasteiger partial charge in [-0.1, -0.05) is 36.4 Å². The predicted octanol–water partition coefficient (Wildman–Crippen LogP) is 4.94. The molecule has 0 amide bonds. The van der Waals surface area contributed by atoms with Crippen LogP contribution in [-0.4, -0.2) is 21.9 Å². The molecule has 2 aromatic carbocycles. The normalized spacial score (nSPS) is 10.9. The number of anilines is 1. The number of carbonyl (C=O) groups is 1. The highest BCUT2D eigenvalue weighted by Gasteiger charge is 2.16. The number of pyridine rings is 1. The lowest BCUT2D eigenvalue weighted by atomic mass is 10.1. The van der Waals surface area contributed by atoms with Crippen LogP contribution >= 0.6 is 0 Å². The van der Waals surface area contributed by atoms with E-state index in [0.717, 1.165) is 39.2 Å². The molecule has 2 heterocycles. The highest BCUT2D eigenvalue weighted by atomic mass is 16.1. The molecule has 0 saturated carbocycles. The Morgan fingerprint density at radius 1 is 1.00 bits per heavy atom. The first-order chi connectivity index (χ1) is 13.1. The number of Topliss-reactive ketones (excluding diaryl/α,β-unsaturated/α-hetero) is 1. The van der Waals surface area contributed by atoms with E-state index in [2.05, 4.69) is 14.9 Å². The summed E-state index contributed by atoms with van der Waals surface area (Å²) in [6.07, 6.45) is 1.77. The number of nitrogens with one attached hydrogen (secondary N) is 1. The topological polar surface area (TPSA) is 46.9 Å². The Bertz CT molecular complexity index is 1110. The molecule has 0 aliphatic carbocycles. The standard InChI is InChI=1S/C23H21N3O/c1-16-14-20(17(2)26(16)19-10-4-3-5-11-19)22(27)15-25-21-12-6-8-18-9-7-13-24-23(18)21/h3-14,25H,15H2,1-2H3. The van der Waals surface area contributed by atoms with Crippen molar-refractivity contribution in [1.82, 2.24) is 9.55 Å². The molecule has 0 saturated heterocycles. The lowest BCUT2D eigenvalue weighted by molar-refractivity contribution is 0.101. The summed E-state index contributed by atoms with van der Waals surface area (Å²) in [5, 5.41) is 4.31. The SMILES string of the molecule is Cc1cc(C(=O)CNc2cccc3cccnc23)c(C)n1-c1ccccc1. The Kier molecular flexibility index (Phi) is 4.47. The first-order valence-corrected chi connectivity index (χ1v) is 9.00. The van der Waals surface area contributed by atoms with Gasteiger partial charge in [0.1, 0.15) is 0 Å². The summed E-state index contributed by atoms with van der Waals surface area (Å²) in [5.41, 5.74) is 5.58. The zero-order valence-corrected chi connectivity index (χ0v) is 15.4. The third-order valence-electron chi connectivity index (χ3n) is 4.82. The Morgan fingerprint density at radius 3 is 2.59 bits per heavy atom. The van der Waals surface area contributed by atoms with Gasteiger partial charge in [0.2, 0.25) is 0 Å². The number of aryl methyl sites for hydroxylation is 1. The van der Waals surface area contributed by atoms with Crippen LogP contribution in [0.2, 0.25) is 0 Å². The average Bonchev–Trinajstić information content (AvgIpc) is 3.01. The fourth-order valence-electron chi connectivity index (χ4n) is 3.54. The molecular weight excluding hydrogens is 334 g/mol. The van der Waals surface area contributed by atoms with E-state index < -0.39 is 0 Å². The molecule has 0 aliphatic rings. The van der Waals surface area contributed by atoms with Gasteiger partial charge in [0.05, 0.1) is 17.7 Å². The summed E-state index contributed by atoms with van der Waals surface area (Å²) in [6, 6.07) is 21.9.